The van der Waals surface area contributed by atoms with Gasteiger partial charge in [0.1, 0.15) is 12.3 Å². The summed E-state index contributed by atoms with van der Waals surface area (Å²) in [5.41, 5.74) is 1.89. The number of imidazole rings is 1. The van der Waals surface area contributed by atoms with Crippen LogP contribution in [0.5, 0.6) is 5.75 Å². The van der Waals surface area contributed by atoms with Crippen LogP contribution in [0, 0.1) is 11.7 Å². The van der Waals surface area contributed by atoms with Crippen molar-refractivity contribution in [1.82, 2.24) is 19.7 Å². The zero-order valence-electron chi connectivity index (χ0n) is 10.5. The number of hydrogen-bond acceptors (Lipinski definition) is 5. The molecule has 0 saturated heterocycles. The number of rotatable bonds is 3. The van der Waals surface area contributed by atoms with E-state index in [4.69, 9.17) is 21.5 Å². The molecule has 0 bridgehead atoms. The Labute approximate surface area is 114 Å². The number of aromatic nitrogens is 4. The summed E-state index contributed by atoms with van der Waals surface area (Å²) >= 11 is 5.32. The van der Waals surface area contributed by atoms with E-state index in [2.05, 4.69) is 15.1 Å². The molecular formula is C12H12N4O2S. The molecule has 0 unspecified atom stereocenters. The number of aromatic amines is 1. The molecule has 0 atom stereocenters. The summed E-state index contributed by atoms with van der Waals surface area (Å²) in [5, 5.41) is 3.77. The number of H-pyrrole nitrogens is 1. The highest BCUT2D eigenvalue weighted by Gasteiger charge is 2.10. The molecule has 3 aromatic rings. The monoisotopic (exact) mass is 276 g/mol. The molecule has 2 heterocycles. The molecular weight excluding hydrogens is 264 g/mol. The van der Waals surface area contributed by atoms with Gasteiger partial charge in [0.25, 0.3) is 0 Å². The first-order valence-electron chi connectivity index (χ1n) is 5.73. The molecule has 19 heavy (non-hydrogen) atoms. The van der Waals surface area contributed by atoms with Crippen molar-refractivity contribution >= 4 is 23.3 Å². The average Bonchev–Trinajstić information content (AvgIpc) is 2.94. The summed E-state index contributed by atoms with van der Waals surface area (Å²) < 4.78 is 12.9. The van der Waals surface area contributed by atoms with E-state index < -0.39 is 0 Å². The standard InChI is InChI=1S/C12H12N4O2S/c1-7-13-11(18-15-7)6-16-10-5-8(17-2)3-4-9(10)14-12(16)19/h3-5H,6H2,1-2H3,(H,14,19). The largest absolute Gasteiger partial charge is 0.497 e. The van der Waals surface area contributed by atoms with Gasteiger partial charge in [-0.25, -0.2) is 0 Å². The number of aryl methyl sites for hydroxylation is 1. The molecule has 6 nitrogen and oxygen atoms in total. The van der Waals surface area contributed by atoms with Crippen molar-refractivity contribution < 1.29 is 9.26 Å². The zero-order valence-corrected chi connectivity index (χ0v) is 11.3. The number of ether oxygens (including phenoxy) is 1. The number of fused-ring (bicyclic) bond motifs is 1. The molecule has 0 aliphatic heterocycles. The molecule has 0 spiro atoms. The highest BCUT2D eigenvalue weighted by Crippen LogP contribution is 2.21. The van der Waals surface area contributed by atoms with E-state index in [9.17, 15) is 0 Å². The molecule has 7 heteroatoms. The van der Waals surface area contributed by atoms with Crippen LogP contribution in [0.1, 0.15) is 11.7 Å². The van der Waals surface area contributed by atoms with E-state index in [1.165, 1.54) is 0 Å². The second-order valence-electron chi connectivity index (χ2n) is 4.13. The Morgan fingerprint density at radius 3 is 3.00 bits per heavy atom. The molecule has 0 amide bonds. The molecule has 0 aliphatic carbocycles. The minimum Gasteiger partial charge on any atom is -0.497 e. The summed E-state index contributed by atoms with van der Waals surface area (Å²) in [5.74, 6) is 1.91. The van der Waals surface area contributed by atoms with E-state index in [1.54, 1.807) is 14.0 Å². The van der Waals surface area contributed by atoms with Gasteiger partial charge in [-0.15, -0.1) is 0 Å². The van der Waals surface area contributed by atoms with Crippen LogP contribution >= 0.6 is 12.2 Å². The minimum absolute atomic E-state index is 0.437. The van der Waals surface area contributed by atoms with Crippen molar-refractivity contribution in [2.75, 3.05) is 7.11 Å². The third kappa shape index (κ3) is 2.12. The maximum Gasteiger partial charge on any atom is 0.246 e. The number of nitrogens with zero attached hydrogens (tertiary/aromatic N) is 3. The lowest BCUT2D eigenvalue weighted by Crippen LogP contribution is -2.00. The van der Waals surface area contributed by atoms with E-state index in [1.807, 2.05) is 22.8 Å². The van der Waals surface area contributed by atoms with Gasteiger partial charge in [0.15, 0.2) is 10.6 Å². The Balaban J connectivity index is 2.11. The van der Waals surface area contributed by atoms with Crippen molar-refractivity contribution in [3.05, 3.63) is 34.7 Å². The molecule has 3 rings (SSSR count). The second kappa shape index (κ2) is 4.51. The van der Waals surface area contributed by atoms with E-state index in [0.717, 1.165) is 16.8 Å². The van der Waals surface area contributed by atoms with Crippen molar-refractivity contribution in [1.29, 1.82) is 0 Å². The highest BCUT2D eigenvalue weighted by molar-refractivity contribution is 7.71. The minimum atomic E-state index is 0.437. The summed E-state index contributed by atoms with van der Waals surface area (Å²) in [7, 11) is 1.63. The van der Waals surface area contributed by atoms with Crippen molar-refractivity contribution in [2.45, 2.75) is 13.5 Å². The zero-order chi connectivity index (χ0) is 13.4. The Bertz CT molecular complexity index is 786. The maximum atomic E-state index is 5.32. The lowest BCUT2D eigenvalue weighted by atomic mass is 10.3. The van der Waals surface area contributed by atoms with Crippen LogP contribution in [-0.2, 0) is 6.54 Å². The number of methoxy groups -OCH3 is 1. The summed E-state index contributed by atoms with van der Waals surface area (Å²) in [4.78, 5) is 7.32. The first-order valence-corrected chi connectivity index (χ1v) is 6.14. The van der Waals surface area contributed by atoms with Crippen LogP contribution in [0.25, 0.3) is 11.0 Å². The van der Waals surface area contributed by atoms with Gasteiger partial charge in [0.2, 0.25) is 5.89 Å². The molecule has 0 fully saturated rings. The van der Waals surface area contributed by atoms with Gasteiger partial charge in [-0.2, -0.15) is 4.98 Å². The SMILES string of the molecule is COc1ccc2[nH]c(=S)n(Cc3nc(C)no3)c2c1. The van der Waals surface area contributed by atoms with E-state index in [0.29, 0.717) is 23.0 Å². The fourth-order valence-electron chi connectivity index (χ4n) is 1.96. The molecule has 1 aromatic carbocycles. The van der Waals surface area contributed by atoms with Crippen LogP contribution in [0.15, 0.2) is 22.7 Å². The molecule has 0 saturated carbocycles. The quantitative estimate of drug-likeness (QED) is 0.744. The molecule has 98 valence electrons. The Morgan fingerprint density at radius 2 is 2.32 bits per heavy atom. The predicted octanol–water partition coefficient (Wildman–Crippen LogP) is 2.45. The third-order valence-electron chi connectivity index (χ3n) is 2.85. The first-order chi connectivity index (χ1) is 9.17. The number of hydrogen-bond donors (Lipinski definition) is 1. The summed E-state index contributed by atoms with van der Waals surface area (Å²) in [6, 6.07) is 5.74. The highest BCUT2D eigenvalue weighted by atomic mass is 32.1. The predicted molar refractivity (Wildman–Crippen MR) is 71.8 cm³/mol. The molecule has 1 N–H and O–H groups in total. The van der Waals surface area contributed by atoms with Crippen molar-refractivity contribution in [2.24, 2.45) is 0 Å². The van der Waals surface area contributed by atoms with Crippen LogP contribution < -0.4 is 4.74 Å². The van der Waals surface area contributed by atoms with Crippen molar-refractivity contribution in [3.8, 4) is 5.75 Å². The summed E-state index contributed by atoms with van der Waals surface area (Å²) in [6.45, 7) is 2.22. The number of nitrogens with one attached hydrogen (secondary N) is 1. The van der Waals surface area contributed by atoms with E-state index in [-0.39, 0.29) is 0 Å². The Kier molecular flexibility index (Phi) is 2.83. The van der Waals surface area contributed by atoms with Gasteiger partial charge >= 0.3 is 0 Å². The first kappa shape index (κ1) is 11.9. The molecule has 0 radical (unpaired) electrons. The summed E-state index contributed by atoms with van der Waals surface area (Å²) in [6.07, 6.45) is 0. The van der Waals surface area contributed by atoms with Crippen molar-refractivity contribution in [3.63, 3.8) is 0 Å². The van der Waals surface area contributed by atoms with Crippen LogP contribution in [0.4, 0.5) is 0 Å². The van der Waals surface area contributed by atoms with Gasteiger partial charge < -0.3 is 18.8 Å². The fraction of sp³-hybridized carbons (Fsp3) is 0.250. The van der Waals surface area contributed by atoms with Gasteiger partial charge in [-0.05, 0) is 31.3 Å². The lowest BCUT2D eigenvalue weighted by Gasteiger charge is -2.02. The topological polar surface area (TPSA) is 68.9 Å². The Hall–Kier alpha value is -2.15. The van der Waals surface area contributed by atoms with E-state index >= 15 is 0 Å². The third-order valence-corrected chi connectivity index (χ3v) is 3.17. The normalized spacial score (nSPS) is 11.1. The van der Waals surface area contributed by atoms with Crippen LogP contribution in [0.3, 0.4) is 0 Å². The number of benzene rings is 1. The smallest absolute Gasteiger partial charge is 0.246 e. The fourth-order valence-corrected chi connectivity index (χ4v) is 2.23. The van der Waals surface area contributed by atoms with Gasteiger partial charge in [-0.1, -0.05) is 5.16 Å². The average molecular weight is 276 g/mol. The van der Waals surface area contributed by atoms with Gasteiger partial charge in [-0.3, -0.25) is 0 Å². The molecule has 0 aliphatic rings. The maximum absolute atomic E-state index is 5.32. The molecule has 2 aromatic heterocycles. The van der Waals surface area contributed by atoms with Crippen LogP contribution in [0.2, 0.25) is 0 Å². The van der Waals surface area contributed by atoms with Gasteiger partial charge in [0.05, 0.1) is 18.1 Å². The second-order valence-corrected chi connectivity index (χ2v) is 4.52. The van der Waals surface area contributed by atoms with Gasteiger partial charge in [0, 0.05) is 6.07 Å². The van der Waals surface area contributed by atoms with Crippen LogP contribution in [-0.4, -0.2) is 26.8 Å². The lowest BCUT2D eigenvalue weighted by molar-refractivity contribution is 0.368. The Morgan fingerprint density at radius 1 is 1.47 bits per heavy atom.